The van der Waals surface area contributed by atoms with Gasteiger partial charge >= 0.3 is 0 Å². The van der Waals surface area contributed by atoms with Crippen LogP contribution in [0.25, 0.3) is 10.9 Å². The zero-order valence-corrected chi connectivity index (χ0v) is 18.1. The number of amides is 1. The second-order valence-electron chi connectivity index (χ2n) is 7.84. The third kappa shape index (κ3) is 4.19. The van der Waals surface area contributed by atoms with Gasteiger partial charge in [0.2, 0.25) is 5.91 Å². The predicted octanol–water partition coefficient (Wildman–Crippen LogP) is 2.87. The van der Waals surface area contributed by atoms with Gasteiger partial charge < -0.3 is 29.8 Å². The number of carbonyl (C=O) groups excluding carboxylic acids is 2. The Morgan fingerprint density at radius 1 is 1.32 bits per heavy atom. The van der Waals surface area contributed by atoms with Crippen LogP contribution >= 0.6 is 0 Å². The van der Waals surface area contributed by atoms with Gasteiger partial charge in [-0.1, -0.05) is 0 Å². The normalized spacial score (nSPS) is 16.4. The number of fused-ring (bicyclic) bond motifs is 1. The second kappa shape index (κ2) is 8.67. The summed E-state index contributed by atoms with van der Waals surface area (Å²) in [7, 11) is 2.05. The Bertz CT molecular complexity index is 1090. The molecule has 0 spiro atoms. The maximum absolute atomic E-state index is 12.0. The molecule has 162 valence electrons. The number of nitrogens with zero attached hydrogens (tertiary/aromatic N) is 4. The molecular weight excluding hydrogens is 392 g/mol. The van der Waals surface area contributed by atoms with Crippen LogP contribution in [0.4, 0.5) is 23.0 Å². The molecule has 1 unspecified atom stereocenters. The fraction of sp³-hybridized carbons (Fsp3) is 0.348. The first-order valence-electron chi connectivity index (χ1n) is 10.5. The molecule has 1 amide bonds. The van der Waals surface area contributed by atoms with Crippen LogP contribution in [0, 0.1) is 0 Å². The van der Waals surface area contributed by atoms with E-state index in [1.165, 1.54) is 6.92 Å². The number of H-pyrrole nitrogens is 1. The van der Waals surface area contributed by atoms with E-state index in [4.69, 9.17) is 0 Å². The minimum absolute atomic E-state index is 0.102. The van der Waals surface area contributed by atoms with Crippen molar-refractivity contribution in [1.82, 2.24) is 9.97 Å². The van der Waals surface area contributed by atoms with Crippen molar-refractivity contribution in [2.75, 3.05) is 53.2 Å². The van der Waals surface area contributed by atoms with Crippen molar-refractivity contribution in [1.29, 1.82) is 0 Å². The van der Waals surface area contributed by atoms with Crippen molar-refractivity contribution in [3.8, 4) is 0 Å². The molecule has 1 fully saturated rings. The molecule has 2 aromatic heterocycles. The van der Waals surface area contributed by atoms with Crippen LogP contribution in [0.5, 0.6) is 0 Å². The molecule has 1 aliphatic heterocycles. The summed E-state index contributed by atoms with van der Waals surface area (Å²) in [5.41, 5.74) is 2.79. The van der Waals surface area contributed by atoms with Gasteiger partial charge in [-0.2, -0.15) is 0 Å². The summed E-state index contributed by atoms with van der Waals surface area (Å²) in [5, 5.41) is 3.80. The number of rotatable bonds is 6. The smallest absolute Gasteiger partial charge is 0.221 e. The van der Waals surface area contributed by atoms with E-state index < -0.39 is 0 Å². The molecule has 8 nitrogen and oxygen atoms in total. The molecule has 0 aliphatic carbocycles. The molecule has 31 heavy (non-hydrogen) atoms. The number of anilines is 4. The Kier molecular flexibility index (Phi) is 5.79. The topological polar surface area (TPSA) is 84.6 Å². The Morgan fingerprint density at radius 3 is 2.90 bits per heavy atom. The maximum Gasteiger partial charge on any atom is 0.221 e. The Labute approximate surface area is 181 Å². The molecule has 0 bridgehead atoms. The lowest BCUT2D eigenvalue weighted by Gasteiger charge is -2.41. The number of aromatic nitrogens is 2. The molecule has 3 heterocycles. The molecular formula is C23H28N6O2. The highest BCUT2D eigenvalue weighted by Gasteiger charge is 2.30. The van der Waals surface area contributed by atoms with E-state index in [0.29, 0.717) is 13.1 Å². The largest absolute Gasteiger partial charge is 0.372 e. The predicted molar refractivity (Wildman–Crippen MR) is 125 cm³/mol. The number of pyridine rings is 1. The minimum atomic E-state index is -0.293. The number of nitrogens with one attached hydrogen (secondary N) is 2. The van der Waals surface area contributed by atoms with Crippen LogP contribution in [0.1, 0.15) is 13.8 Å². The average molecular weight is 421 g/mol. The summed E-state index contributed by atoms with van der Waals surface area (Å²) in [5.74, 6) is 1.71. The number of hydrogen-bond donors (Lipinski definition) is 2. The highest BCUT2D eigenvalue weighted by atomic mass is 16.1. The highest BCUT2D eigenvalue weighted by Crippen LogP contribution is 2.31. The van der Waals surface area contributed by atoms with Crippen LogP contribution < -0.4 is 20.0 Å². The summed E-state index contributed by atoms with van der Waals surface area (Å²) in [6.07, 6.45) is 2.81. The van der Waals surface area contributed by atoms with Crippen molar-refractivity contribution in [3.05, 3.63) is 42.6 Å². The molecule has 2 N–H and O–H groups in total. The number of piperazine rings is 1. The van der Waals surface area contributed by atoms with Gasteiger partial charge in [0.1, 0.15) is 18.1 Å². The van der Waals surface area contributed by atoms with E-state index in [1.54, 1.807) is 6.20 Å². The summed E-state index contributed by atoms with van der Waals surface area (Å²) in [6.45, 7) is 6.50. The molecule has 1 atom stereocenters. The van der Waals surface area contributed by atoms with Gasteiger partial charge in [-0.15, -0.1) is 0 Å². The van der Waals surface area contributed by atoms with E-state index in [2.05, 4.69) is 43.0 Å². The first-order chi connectivity index (χ1) is 15.0. The first-order valence-corrected chi connectivity index (χ1v) is 10.5. The zero-order chi connectivity index (χ0) is 22.0. The van der Waals surface area contributed by atoms with Crippen LogP contribution in [-0.2, 0) is 9.59 Å². The quantitative estimate of drug-likeness (QED) is 0.597. The fourth-order valence-electron chi connectivity index (χ4n) is 4.07. The third-order valence-corrected chi connectivity index (χ3v) is 5.76. The third-order valence-electron chi connectivity index (χ3n) is 5.76. The second-order valence-corrected chi connectivity index (χ2v) is 7.84. The molecule has 1 aromatic carbocycles. The van der Waals surface area contributed by atoms with Crippen LogP contribution in [0.15, 0.2) is 42.6 Å². The molecule has 4 rings (SSSR count). The van der Waals surface area contributed by atoms with Crippen molar-refractivity contribution >= 4 is 46.1 Å². The summed E-state index contributed by atoms with van der Waals surface area (Å²) >= 11 is 0. The van der Waals surface area contributed by atoms with Crippen molar-refractivity contribution in [2.24, 2.45) is 0 Å². The van der Waals surface area contributed by atoms with Gasteiger partial charge in [0.05, 0.1) is 5.69 Å². The number of aldehydes is 1. The monoisotopic (exact) mass is 420 g/mol. The van der Waals surface area contributed by atoms with E-state index >= 15 is 0 Å². The summed E-state index contributed by atoms with van der Waals surface area (Å²) < 4.78 is 0. The van der Waals surface area contributed by atoms with E-state index in [9.17, 15) is 9.59 Å². The van der Waals surface area contributed by atoms with Crippen molar-refractivity contribution < 1.29 is 9.59 Å². The van der Waals surface area contributed by atoms with Gasteiger partial charge in [0.25, 0.3) is 0 Å². The Balaban J connectivity index is 1.57. The molecule has 1 aliphatic rings. The lowest BCUT2D eigenvalue weighted by molar-refractivity contribution is -0.114. The summed E-state index contributed by atoms with van der Waals surface area (Å²) in [6, 6.07) is 11.5. The Morgan fingerprint density at radius 2 is 2.16 bits per heavy atom. The van der Waals surface area contributed by atoms with Crippen molar-refractivity contribution in [3.63, 3.8) is 0 Å². The average Bonchev–Trinajstić information content (AvgIpc) is 3.20. The standard InChI is InChI=1S/C23H28N6O2/c1-4-27(3)21-6-5-9-24-23(21)28-10-11-29(19(14-28)15-30)22-13-17-12-18(25-16(2)31)7-8-20(17)26-22/h5-9,12-13,15,19,26H,4,10-11,14H2,1-3H3,(H,25,31). The van der Waals surface area contributed by atoms with E-state index in [0.717, 1.165) is 53.3 Å². The zero-order valence-electron chi connectivity index (χ0n) is 18.1. The van der Waals surface area contributed by atoms with Crippen molar-refractivity contribution in [2.45, 2.75) is 19.9 Å². The number of hydrogen-bond acceptors (Lipinski definition) is 6. The first kappa shape index (κ1) is 20.7. The number of carbonyl (C=O) groups is 2. The minimum Gasteiger partial charge on any atom is -0.372 e. The van der Waals surface area contributed by atoms with Gasteiger partial charge in [-0.25, -0.2) is 4.98 Å². The lowest BCUT2D eigenvalue weighted by Crippen LogP contribution is -2.54. The van der Waals surface area contributed by atoms with Gasteiger partial charge in [-0.3, -0.25) is 4.79 Å². The van der Waals surface area contributed by atoms with Crippen LogP contribution in [0.2, 0.25) is 0 Å². The maximum atomic E-state index is 12.0. The summed E-state index contributed by atoms with van der Waals surface area (Å²) in [4.78, 5) is 37.8. The molecule has 0 radical (unpaired) electrons. The number of aromatic amines is 1. The van der Waals surface area contributed by atoms with Gasteiger partial charge in [0, 0.05) is 62.9 Å². The van der Waals surface area contributed by atoms with E-state index in [1.807, 2.05) is 37.4 Å². The lowest BCUT2D eigenvalue weighted by atomic mass is 10.1. The SMILES string of the molecule is CCN(C)c1cccnc1N1CCN(c2cc3cc(NC(C)=O)ccc3[nH]2)C(C=O)C1. The molecule has 8 heteroatoms. The molecule has 1 saturated heterocycles. The number of benzene rings is 1. The Hall–Kier alpha value is -3.55. The fourth-order valence-corrected chi connectivity index (χ4v) is 4.07. The van der Waals surface area contributed by atoms with Gasteiger partial charge in [0.15, 0.2) is 5.82 Å². The van der Waals surface area contributed by atoms with E-state index in [-0.39, 0.29) is 11.9 Å². The highest BCUT2D eigenvalue weighted by molar-refractivity contribution is 5.93. The molecule has 3 aromatic rings. The van der Waals surface area contributed by atoms with Crippen LogP contribution in [-0.4, -0.2) is 61.4 Å². The van der Waals surface area contributed by atoms with Gasteiger partial charge in [-0.05, 0) is 43.3 Å². The molecule has 0 saturated carbocycles. The van der Waals surface area contributed by atoms with Crippen LogP contribution in [0.3, 0.4) is 0 Å².